The van der Waals surface area contributed by atoms with Crippen LogP contribution >= 0.6 is 0 Å². The van der Waals surface area contributed by atoms with Crippen molar-refractivity contribution < 1.29 is 9.90 Å². The molecular weight excluding hydrogens is 292 g/mol. The Kier molecular flexibility index (Phi) is 4.40. The first-order valence-electron chi connectivity index (χ1n) is 7.62. The van der Waals surface area contributed by atoms with Gasteiger partial charge in [-0.25, -0.2) is 0 Å². The van der Waals surface area contributed by atoms with E-state index in [0.717, 1.165) is 5.56 Å². The minimum atomic E-state index is -0.271. The van der Waals surface area contributed by atoms with Crippen molar-refractivity contribution in [2.24, 2.45) is 5.92 Å². The van der Waals surface area contributed by atoms with Gasteiger partial charge in [0.25, 0.3) is 5.91 Å². The van der Waals surface area contributed by atoms with Crippen LogP contribution in [0.25, 0.3) is 0 Å². The van der Waals surface area contributed by atoms with Crippen molar-refractivity contribution in [3.63, 3.8) is 0 Å². The van der Waals surface area contributed by atoms with Crippen LogP contribution in [0.4, 0.5) is 0 Å². The summed E-state index contributed by atoms with van der Waals surface area (Å²) in [6.45, 7) is 0. The van der Waals surface area contributed by atoms with Crippen LogP contribution in [0.5, 0.6) is 0 Å². The third-order valence-electron chi connectivity index (χ3n) is 4.30. The number of H-pyrrole nitrogens is 1. The van der Waals surface area contributed by atoms with E-state index in [4.69, 9.17) is 5.26 Å². The SMILES string of the molecule is N#Cc1c[nH]c(C(=O)N[C@@H](Cc2ccncc2)C2CC(O)C2)c1. The molecule has 1 saturated carbocycles. The largest absolute Gasteiger partial charge is 0.393 e. The third-order valence-corrected chi connectivity index (χ3v) is 4.30. The Morgan fingerprint density at radius 2 is 2.22 bits per heavy atom. The Labute approximate surface area is 134 Å². The van der Waals surface area contributed by atoms with E-state index in [2.05, 4.69) is 15.3 Å². The maximum atomic E-state index is 12.4. The molecule has 2 aromatic rings. The predicted molar refractivity (Wildman–Crippen MR) is 83.4 cm³/mol. The van der Waals surface area contributed by atoms with Crippen LogP contribution in [0.3, 0.4) is 0 Å². The molecule has 1 aliphatic rings. The summed E-state index contributed by atoms with van der Waals surface area (Å²) in [5, 5.41) is 21.4. The van der Waals surface area contributed by atoms with E-state index in [1.54, 1.807) is 12.4 Å². The molecule has 23 heavy (non-hydrogen) atoms. The van der Waals surface area contributed by atoms with Gasteiger partial charge in [0, 0.05) is 24.6 Å². The minimum Gasteiger partial charge on any atom is -0.393 e. The predicted octanol–water partition coefficient (Wildman–Crippen LogP) is 1.39. The zero-order valence-corrected chi connectivity index (χ0v) is 12.6. The molecule has 0 spiro atoms. The molecule has 6 heteroatoms. The second-order valence-electron chi connectivity index (χ2n) is 5.94. The van der Waals surface area contributed by atoms with Crippen molar-refractivity contribution in [2.75, 3.05) is 0 Å². The number of amides is 1. The first kappa shape index (κ1) is 15.3. The molecule has 1 atom stereocenters. The molecule has 6 nitrogen and oxygen atoms in total. The van der Waals surface area contributed by atoms with E-state index in [1.165, 1.54) is 12.3 Å². The lowest BCUT2D eigenvalue weighted by Crippen LogP contribution is -2.48. The number of pyridine rings is 1. The number of hydrogen-bond donors (Lipinski definition) is 3. The van der Waals surface area contributed by atoms with Gasteiger partial charge in [-0.05, 0) is 48.9 Å². The molecular formula is C17H18N4O2. The summed E-state index contributed by atoms with van der Waals surface area (Å²) in [4.78, 5) is 19.2. The van der Waals surface area contributed by atoms with E-state index >= 15 is 0 Å². The monoisotopic (exact) mass is 310 g/mol. The molecule has 3 N–H and O–H groups in total. The molecule has 1 aliphatic carbocycles. The highest BCUT2D eigenvalue weighted by Gasteiger charge is 2.35. The first-order valence-corrected chi connectivity index (χ1v) is 7.62. The fourth-order valence-corrected chi connectivity index (χ4v) is 2.90. The van der Waals surface area contributed by atoms with Gasteiger partial charge in [-0.2, -0.15) is 5.26 Å². The smallest absolute Gasteiger partial charge is 0.267 e. The minimum absolute atomic E-state index is 0.0536. The average molecular weight is 310 g/mol. The number of hydrogen-bond acceptors (Lipinski definition) is 4. The van der Waals surface area contributed by atoms with Crippen LogP contribution < -0.4 is 5.32 Å². The molecule has 0 unspecified atom stereocenters. The molecule has 1 fully saturated rings. The zero-order valence-electron chi connectivity index (χ0n) is 12.6. The van der Waals surface area contributed by atoms with E-state index in [9.17, 15) is 9.90 Å². The average Bonchev–Trinajstić information content (AvgIpc) is 3.01. The van der Waals surface area contributed by atoms with E-state index in [0.29, 0.717) is 30.5 Å². The van der Waals surface area contributed by atoms with Crippen molar-refractivity contribution >= 4 is 5.91 Å². The number of carbonyl (C=O) groups excluding carboxylic acids is 1. The molecule has 0 aromatic carbocycles. The first-order chi connectivity index (χ1) is 11.2. The summed E-state index contributed by atoms with van der Waals surface area (Å²) in [7, 11) is 0. The van der Waals surface area contributed by atoms with Crippen LogP contribution in [-0.4, -0.2) is 33.1 Å². The topological polar surface area (TPSA) is 102 Å². The number of aliphatic hydroxyl groups is 1. The van der Waals surface area contributed by atoms with Crippen LogP contribution in [0, 0.1) is 17.2 Å². The Morgan fingerprint density at radius 1 is 1.48 bits per heavy atom. The Morgan fingerprint density at radius 3 is 2.83 bits per heavy atom. The third kappa shape index (κ3) is 3.58. The van der Waals surface area contributed by atoms with Gasteiger partial charge >= 0.3 is 0 Å². The summed E-state index contributed by atoms with van der Waals surface area (Å²) in [5.74, 6) is 0.0273. The second kappa shape index (κ2) is 6.63. The van der Waals surface area contributed by atoms with Crippen molar-refractivity contribution in [1.82, 2.24) is 15.3 Å². The molecule has 118 valence electrons. The highest BCUT2D eigenvalue weighted by Crippen LogP contribution is 2.31. The summed E-state index contributed by atoms with van der Waals surface area (Å²) < 4.78 is 0. The summed E-state index contributed by atoms with van der Waals surface area (Å²) >= 11 is 0. The fourth-order valence-electron chi connectivity index (χ4n) is 2.90. The van der Waals surface area contributed by atoms with Crippen LogP contribution in [0.1, 0.15) is 34.5 Å². The number of aromatic nitrogens is 2. The van der Waals surface area contributed by atoms with Gasteiger partial charge in [0.15, 0.2) is 0 Å². The van der Waals surface area contributed by atoms with Crippen LogP contribution in [0.15, 0.2) is 36.8 Å². The number of aromatic amines is 1. The summed E-state index contributed by atoms with van der Waals surface area (Å²) in [6, 6.07) is 7.33. The van der Waals surface area contributed by atoms with Crippen LogP contribution in [-0.2, 0) is 6.42 Å². The molecule has 2 aromatic heterocycles. The maximum Gasteiger partial charge on any atom is 0.267 e. The van der Waals surface area contributed by atoms with Crippen molar-refractivity contribution in [3.8, 4) is 6.07 Å². The maximum absolute atomic E-state index is 12.4. The molecule has 2 heterocycles. The zero-order chi connectivity index (χ0) is 16.2. The lowest BCUT2D eigenvalue weighted by molar-refractivity contribution is 0.0239. The number of nitrogens with one attached hydrogen (secondary N) is 2. The quantitative estimate of drug-likeness (QED) is 0.776. The highest BCUT2D eigenvalue weighted by atomic mass is 16.3. The van der Waals surface area contributed by atoms with Gasteiger partial charge in [-0.15, -0.1) is 0 Å². The number of carbonyl (C=O) groups is 1. The normalized spacial score (nSPS) is 21.0. The molecule has 0 aliphatic heterocycles. The van der Waals surface area contributed by atoms with Gasteiger partial charge in [0.05, 0.1) is 11.7 Å². The lowest BCUT2D eigenvalue weighted by Gasteiger charge is -2.38. The van der Waals surface area contributed by atoms with Crippen molar-refractivity contribution in [3.05, 3.63) is 53.6 Å². The standard InChI is InChI=1S/C17H18N4O2/c18-9-12-6-16(20-10-12)17(23)21-15(13-7-14(22)8-13)5-11-1-3-19-4-2-11/h1-4,6,10,13-15,20,22H,5,7-8H2,(H,21,23)/t13?,14?,15-/m0/s1. The molecule has 3 rings (SSSR count). The van der Waals surface area contributed by atoms with Gasteiger partial charge < -0.3 is 15.4 Å². The van der Waals surface area contributed by atoms with Gasteiger partial charge in [-0.3, -0.25) is 9.78 Å². The number of aliphatic hydroxyl groups excluding tert-OH is 1. The summed E-state index contributed by atoms with van der Waals surface area (Å²) in [5.41, 5.74) is 1.90. The number of nitriles is 1. The Balaban J connectivity index is 1.70. The second-order valence-corrected chi connectivity index (χ2v) is 5.94. The molecule has 0 saturated heterocycles. The van der Waals surface area contributed by atoms with Gasteiger partial charge in [0.1, 0.15) is 11.8 Å². The molecule has 0 radical (unpaired) electrons. The number of nitrogens with zero attached hydrogens (tertiary/aromatic N) is 2. The Hall–Kier alpha value is -2.65. The van der Waals surface area contributed by atoms with Gasteiger partial charge in [-0.1, -0.05) is 0 Å². The van der Waals surface area contributed by atoms with Crippen LogP contribution in [0.2, 0.25) is 0 Å². The van der Waals surface area contributed by atoms with E-state index in [-0.39, 0.29) is 24.0 Å². The van der Waals surface area contributed by atoms with E-state index < -0.39 is 0 Å². The van der Waals surface area contributed by atoms with E-state index in [1.807, 2.05) is 18.2 Å². The molecule has 0 bridgehead atoms. The summed E-state index contributed by atoms with van der Waals surface area (Å²) in [6.07, 6.45) is 6.79. The van der Waals surface area contributed by atoms with Gasteiger partial charge in [0.2, 0.25) is 0 Å². The fraction of sp³-hybridized carbons (Fsp3) is 0.353. The number of rotatable bonds is 5. The van der Waals surface area contributed by atoms with Crippen molar-refractivity contribution in [1.29, 1.82) is 5.26 Å². The molecule has 1 amide bonds. The Bertz CT molecular complexity index is 714. The lowest BCUT2D eigenvalue weighted by atomic mass is 9.75. The van der Waals surface area contributed by atoms with Crippen molar-refractivity contribution in [2.45, 2.75) is 31.4 Å². The highest BCUT2D eigenvalue weighted by molar-refractivity contribution is 5.93.